The van der Waals surface area contributed by atoms with Crippen LogP contribution in [-0.2, 0) is 0 Å². The molecule has 6 nitrogen and oxygen atoms in total. The van der Waals surface area contributed by atoms with Gasteiger partial charge in [0.25, 0.3) is 5.91 Å². The summed E-state index contributed by atoms with van der Waals surface area (Å²) in [6.07, 6.45) is 2.54. The molecule has 1 saturated heterocycles. The SMILES string of the molecule is COc1ccc(C(C)N2CC[C@@H](NC(=O)c3cccnc3OC)C2)c(C)c1C. The molecule has 3 rings (SSSR count). The van der Waals surface area contributed by atoms with Gasteiger partial charge in [0, 0.05) is 31.4 Å². The van der Waals surface area contributed by atoms with Gasteiger partial charge in [-0.25, -0.2) is 4.98 Å². The van der Waals surface area contributed by atoms with Crippen LogP contribution >= 0.6 is 0 Å². The molecule has 1 aliphatic rings. The number of nitrogens with zero attached hydrogens (tertiary/aromatic N) is 2. The van der Waals surface area contributed by atoms with E-state index in [4.69, 9.17) is 9.47 Å². The molecule has 150 valence electrons. The number of amides is 1. The molecule has 0 radical (unpaired) electrons. The molecular weight excluding hydrogens is 354 g/mol. The van der Waals surface area contributed by atoms with Gasteiger partial charge in [-0.2, -0.15) is 0 Å². The lowest BCUT2D eigenvalue weighted by molar-refractivity contribution is 0.0932. The Morgan fingerprint density at radius 1 is 1.21 bits per heavy atom. The maximum absolute atomic E-state index is 12.6. The number of ether oxygens (including phenoxy) is 2. The third-order valence-electron chi connectivity index (χ3n) is 5.76. The first kappa shape index (κ1) is 20.1. The second-order valence-corrected chi connectivity index (χ2v) is 7.30. The lowest BCUT2D eigenvalue weighted by Crippen LogP contribution is -2.37. The van der Waals surface area contributed by atoms with Crippen molar-refractivity contribution in [2.75, 3.05) is 27.3 Å². The van der Waals surface area contributed by atoms with Crippen molar-refractivity contribution in [3.8, 4) is 11.6 Å². The van der Waals surface area contributed by atoms with Gasteiger partial charge in [-0.05, 0) is 62.1 Å². The molecule has 0 saturated carbocycles. The zero-order chi connectivity index (χ0) is 20.3. The maximum atomic E-state index is 12.6. The number of hydrogen-bond donors (Lipinski definition) is 1. The Morgan fingerprint density at radius 2 is 2.00 bits per heavy atom. The van der Waals surface area contributed by atoms with Crippen LogP contribution < -0.4 is 14.8 Å². The van der Waals surface area contributed by atoms with E-state index >= 15 is 0 Å². The molecule has 28 heavy (non-hydrogen) atoms. The van der Waals surface area contributed by atoms with Crippen LogP contribution in [0.15, 0.2) is 30.5 Å². The number of benzene rings is 1. The summed E-state index contributed by atoms with van der Waals surface area (Å²) in [4.78, 5) is 19.2. The fourth-order valence-corrected chi connectivity index (χ4v) is 3.93. The second kappa shape index (κ2) is 8.61. The first-order chi connectivity index (χ1) is 13.5. The molecule has 1 fully saturated rings. The van der Waals surface area contributed by atoms with Gasteiger partial charge >= 0.3 is 0 Å². The van der Waals surface area contributed by atoms with Gasteiger partial charge in [0.2, 0.25) is 5.88 Å². The van der Waals surface area contributed by atoms with Crippen LogP contribution in [0, 0.1) is 13.8 Å². The Kier molecular flexibility index (Phi) is 6.19. The predicted molar refractivity (Wildman–Crippen MR) is 109 cm³/mol. The average molecular weight is 383 g/mol. The number of carbonyl (C=O) groups is 1. The summed E-state index contributed by atoms with van der Waals surface area (Å²) < 4.78 is 10.6. The van der Waals surface area contributed by atoms with E-state index in [2.05, 4.69) is 42.0 Å². The lowest BCUT2D eigenvalue weighted by Gasteiger charge is -2.27. The number of aromatic nitrogens is 1. The topological polar surface area (TPSA) is 63.7 Å². The van der Waals surface area contributed by atoms with Crippen molar-refractivity contribution < 1.29 is 14.3 Å². The van der Waals surface area contributed by atoms with E-state index in [-0.39, 0.29) is 18.0 Å². The number of hydrogen-bond acceptors (Lipinski definition) is 5. The Labute approximate surface area is 166 Å². The van der Waals surface area contributed by atoms with Gasteiger partial charge in [-0.3, -0.25) is 9.69 Å². The van der Waals surface area contributed by atoms with Crippen molar-refractivity contribution >= 4 is 5.91 Å². The van der Waals surface area contributed by atoms with Crippen LogP contribution in [0.3, 0.4) is 0 Å². The second-order valence-electron chi connectivity index (χ2n) is 7.30. The highest BCUT2D eigenvalue weighted by atomic mass is 16.5. The molecule has 0 spiro atoms. The van der Waals surface area contributed by atoms with Gasteiger partial charge in [0.05, 0.1) is 14.2 Å². The third kappa shape index (κ3) is 3.97. The predicted octanol–water partition coefficient (Wildman–Crippen LogP) is 3.28. The zero-order valence-electron chi connectivity index (χ0n) is 17.3. The zero-order valence-corrected chi connectivity index (χ0v) is 17.3. The molecule has 2 atom stereocenters. The number of likely N-dealkylation sites (tertiary alicyclic amines) is 1. The van der Waals surface area contributed by atoms with Gasteiger partial charge in [-0.15, -0.1) is 0 Å². The molecular formula is C22H29N3O3. The van der Waals surface area contributed by atoms with Crippen LogP contribution in [0.2, 0.25) is 0 Å². The normalized spacial score (nSPS) is 18.0. The summed E-state index contributed by atoms with van der Waals surface area (Å²) in [6.45, 7) is 8.23. The van der Waals surface area contributed by atoms with E-state index in [9.17, 15) is 4.79 Å². The number of carbonyl (C=O) groups excluding carboxylic acids is 1. The minimum atomic E-state index is -0.138. The van der Waals surface area contributed by atoms with E-state index in [1.165, 1.54) is 23.8 Å². The van der Waals surface area contributed by atoms with E-state index in [0.717, 1.165) is 25.3 Å². The largest absolute Gasteiger partial charge is 0.496 e. The summed E-state index contributed by atoms with van der Waals surface area (Å²) in [5.41, 5.74) is 4.22. The lowest BCUT2D eigenvalue weighted by atomic mass is 9.97. The van der Waals surface area contributed by atoms with Crippen LogP contribution in [-0.4, -0.2) is 49.1 Å². The van der Waals surface area contributed by atoms with Crippen LogP contribution in [0.4, 0.5) is 0 Å². The average Bonchev–Trinajstić information content (AvgIpc) is 3.17. The van der Waals surface area contributed by atoms with Crippen molar-refractivity contribution in [3.63, 3.8) is 0 Å². The van der Waals surface area contributed by atoms with Crippen molar-refractivity contribution in [1.29, 1.82) is 0 Å². The highest BCUT2D eigenvalue weighted by molar-refractivity contribution is 5.96. The van der Waals surface area contributed by atoms with E-state index in [1.54, 1.807) is 25.4 Å². The Hall–Kier alpha value is -2.60. The summed E-state index contributed by atoms with van der Waals surface area (Å²) in [5.74, 6) is 1.14. The van der Waals surface area contributed by atoms with Crippen molar-refractivity contribution in [3.05, 3.63) is 52.7 Å². The van der Waals surface area contributed by atoms with Crippen molar-refractivity contribution in [1.82, 2.24) is 15.2 Å². The number of methoxy groups -OCH3 is 2. The molecule has 2 aromatic rings. The molecule has 1 aliphatic heterocycles. The smallest absolute Gasteiger partial charge is 0.257 e. The van der Waals surface area contributed by atoms with Gasteiger partial charge < -0.3 is 14.8 Å². The molecule has 1 unspecified atom stereocenters. The van der Waals surface area contributed by atoms with Gasteiger partial charge in [-0.1, -0.05) is 6.07 Å². The fourth-order valence-electron chi connectivity index (χ4n) is 3.93. The minimum absolute atomic E-state index is 0.111. The minimum Gasteiger partial charge on any atom is -0.496 e. The molecule has 0 aliphatic carbocycles. The summed E-state index contributed by atoms with van der Waals surface area (Å²) in [5, 5.41) is 3.13. The van der Waals surface area contributed by atoms with Crippen molar-refractivity contribution in [2.45, 2.75) is 39.3 Å². The highest BCUT2D eigenvalue weighted by Gasteiger charge is 2.29. The first-order valence-electron chi connectivity index (χ1n) is 9.64. The summed E-state index contributed by atoms with van der Waals surface area (Å²) in [7, 11) is 3.23. The summed E-state index contributed by atoms with van der Waals surface area (Å²) >= 11 is 0. The molecule has 1 aromatic carbocycles. The van der Waals surface area contributed by atoms with Gasteiger partial charge in [0.1, 0.15) is 11.3 Å². The fraction of sp³-hybridized carbons (Fsp3) is 0.455. The van der Waals surface area contributed by atoms with Crippen molar-refractivity contribution in [2.24, 2.45) is 0 Å². The molecule has 1 amide bonds. The highest BCUT2D eigenvalue weighted by Crippen LogP contribution is 2.32. The number of rotatable bonds is 6. The number of pyridine rings is 1. The Morgan fingerprint density at radius 3 is 2.71 bits per heavy atom. The molecule has 2 heterocycles. The van der Waals surface area contributed by atoms with Crippen LogP contribution in [0.25, 0.3) is 0 Å². The monoisotopic (exact) mass is 383 g/mol. The van der Waals surface area contributed by atoms with Gasteiger partial charge in [0.15, 0.2) is 0 Å². The van der Waals surface area contributed by atoms with E-state index in [1.807, 2.05) is 6.07 Å². The van der Waals surface area contributed by atoms with E-state index < -0.39 is 0 Å². The molecule has 6 heteroatoms. The standard InChI is InChI=1S/C22H29N3O3/c1-14-15(2)20(27-4)9-8-18(14)16(3)25-12-10-17(13-25)24-21(26)19-7-6-11-23-22(19)28-5/h6-9,11,16-17H,10,12-13H2,1-5H3,(H,24,26)/t16?,17-/m1/s1. The first-order valence-corrected chi connectivity index (χ1v) is 9.64. The Bertz CT molecular complexity index is 853. The van der Waals surface area contributed by atoms with Crippen LogP contribution in [0.1, 0.15) is 46.4 Å². The van der Waals surface area contributed by atoms with E-state index in [0.29, 0.717) is 11.4 Å². The summed E-state index contributed by atoms with van der Waals surface area (Å²) in [6, 6.07) is 8.06. The molecule has 0 bridgehead atoms. The quantitative estimate of drug-likeness (QED) is 0.829. The third-order valence-corrected chi connectivity index (χ3v) is 5.76. The Balaban J connectivity index is 1.67. The molecule has 1 N–H and O–H groups in total. The molecule has 1 aromatic heterocycles. The van der Waals surface area contributed by atoms with Crippen LogP contribution in [0.5, 0.6) is 11.6 Å². The maximum Gasteiger partial charge on any atom is 0.257 e. The number of nitrogens with one attached hydrogen (secondary N) is 1.